The standard InChI is InChI=1S/C29H24ClN3O3/c30-19-12-14-20(15-13-19)33-26(34)24-23-11-6-16-32(23)29(25(24)27(33)35)21-9-4-5-10-22(21)31(28(29)36)17-18-7-2-1-3-8-18/h1-5,7-10,12-15,23-25H,6,11,16-17H2/t23-,24-,25+,29-/m1/s1. The fourth-order valence-electron chi connectivity index (χ4n) is 7.11. The second-order valence-corrected chi connectivity index (χ2v) is 10.5. The van der Waals surface area contributed by atoms with Crippen LogP contribution in [0.3, 0.4) is 0 Å². The number of nitrogens with zero attached hydrogens (tertiary/aromatic N) is 3. The average Bonchev–Trinajstić information content (AvgIpc) is 3.60. The van der Waals surface area contributed by atoms with Gasteiger partial charge in [-0.1, -0.05) is 60.1 Å². The van der Waals surface area contributed by atoms with Gasteiger partial charge in [-0.05, 0) is 55.3 Å². The first-order valence-electron chi connectivity index (χ1n) is 12.4. The summed E-state index contributed by atoms with van der Waals surface area (Å²) in [5, 5.41) is 0.535. The molecule has 0 unspecified atom stereocenters. The Hall–Kier alpha value is -3.48. The zero-order chi connectivity index (χ0) is 24.6. The second-order valence-electron chi connectivity index (χ2n) is 10.1. The second kappa shape index (κ2) is 7.76. The van der Waals surface area contributed by atoms with Crippen LogP contribution in [0, 0.1) is 11.8 Å². The summed E-state index contributed by atoms with van der Waals surface area (Å²) in [5.41, 5.74) is 2.00. The van der Waals surface area contributed by atoms with Gasteiger partial charge in [-0.3, -0.25) is 19.3 Å². The molecule has 4 aliphatic heterocycles. The molecule has 3 aromatic rings. The SMILES string of the molecule is O=C1[C@@H]2[C@H]3CCCN3[C@@]3(C(=O)N(Cc4ccccc4)c4ccccc43)[C@@H]2C(=O)N1c1ccc(Cl)cc1. The van der Waals surface area contributed by atoms with Crippen LogP contribution in [0.2, 0.25) is 5.02 Å². The number of amides is 3. The van der Waals surface area contributed by atoms with Gasteiger partial charge in [0.2, 0.25) is 11.8 Å². The number of benzene rings is 3. The molecule has 0 saturated carbocycles. The number of imide groups is 1. The van der Waals surface area contributed by atoms with Crippen molar-refractivity contribution in [2.75, 3.05) is 16.3 Å². The summed E-state index contributed by atoms with van der Waals surface area (Å²) in [6.07, 6.45) is 1.69. The molecule has 0 bridgehead atoms. The molecule has 4 aliphatic rings. The van der Waals surface area contributed by atoms with E-state index in [2.05, 4.69) is 4.90 Å². The Labute approximate surface area is 214 Å². The van der Waals surface area contributed by atoms with E-state index in [9.17, 15) is 14.4 Å². The third-order valence-electron chi connectivity index (χ3n) is 8.41. The van der Waals surface area contributed by atoms with Crippen LogP contribution in [-0.2, 0) is 26.5 Å². The minimum atomic E-state index is -1.18. The molecular formula is C29H24ClN3O3. The van der Waals surface area contributed by atoms with E-state index in [0.717, 1.165) is 29.7 Å². The molecule has 0 aromatic heterocycles. The maximum atomic E-state index is 14.6. The lowest BCUT2D eigenvalue weighted by Gasteiger charge is -2.37. The number of hydrogen-bond donors (Lipinski definition) is 0. The van der Waals surface area contributed by atoms with Crippen LogP contribution in [0.4, 0.5) is 11.4 Å². The molecule has 4 heterocycles. The van der Waals surface area contributed by atoms with Crippen molar-refractivity contribution in [3.8, 4) is 0 Å². The lowest BCUT2D eigenvalue weighted by molar-refractivity contribution is -0.137. The number of carbonyl (C=O) groups is 3. The minimum Gasteiger partial charge on any atom is -0.306 e. The van der Waals surface area contributed by atoms with E-state index in [1.165, 1.54) is 4.90 Å². The summed E-state index contributed by atoms with van der Waals surface area (Å²) in [4.78, 5) is 47.9. The van der Waals surface area contributed by atoms with E-state index in [1.54, 1.807) is 24.3 Å². The molecule has 0 N–H and O–H groups in total. The van der Waals surface area contributed by atoms with Crippen LogP contribution in [0.15, 0.2) is 78.9 Å². The van der Waals surface area contributed by atoms with Gasteiger partial charge in [0.05, 0.1) is 24.1 Å². The highest BCUT2D eigenvalue weighted by Crippen LogP contribution is 2.62. The topological polar surface area (TPSA) is 60.9 Å². The molecule has 1 spiro atoms. The molecule has 6 nitrogen and oxygen atoms in total. The first-order chi connectivity index (χ1) is 17.5. The van der Waals surface area contributed by atoms with Gasteiger partial charge < -0.3 is 4.90 Å². The Morgan fingerprint density at radius 1 is 0.861 bits per heavy atom. The maximum Gasteiger partial charge on any atom is 0.253 e. The van der Waals surface area contributed by atoms with E-state index >= 15 is 0 Å². The molecule has 0 aliphatic carbocycles. The largest absolute Gasteiger partial charge is 0.306 e. The van der Waals surface area contributed by atoms with Gasteiger partial charge in [0.15, 0.2) is 0 Å². The van der Waals surface area contributed by atoms with E-state index < -0.39 is 17.4 Å². The van der Waals surface area contributed by atoms with Crippen molar-refractivity contribution in [1.82, 2.24) is 4.90 Å². The van der Waals surface area contributed by atoms with Crippen molar-refractivity contribution < 1.29 is 14.4 Å². The number of para-hydroxylation sites is 1. The van der Waals surface area contributed by atoms with Crippen LogP contribution in [0.1, 0.15) is 24.0 Å². The lowest BCUT2D eigenvalue weighted by Crippen LogP contribution is -2.55. The Bertz CT molecular complexity index is 1410. The summed E-state index contributed by atoms with van der Waals surface area (Å²) in [7, 11) is 0. The molecule has 7 rings (SSSR count). The Morgan fingerprint density at radius 3 is 2.36 bits per heavy atom. The number of halogens is 1. The molecule has 4 atom stereocenters. The Kier molecular flexibility index (Phi) is 4.69. The third-order valence-corrected chi connectivity index (χ3v) is 8.66. The highest BCUT2D eigenvalue weighted by atomic mass is 35.5. The van der Waals surface area contributed by atoms with Gasteiger partial charge in [-0.15, -0.1) is 0 Å². The zero-order valence-corrected chi connectivity index (χ0v) is 20.3. The summed E-state index contributed by atoms with van der Waals surface area (Å²) in [6, 6.07) is 24.3. The van der Waals surface area contributed by atoms with E-state index in [4.69, 9.17) is 11.6 Å². The fourth-order valence-corrected chi connectivity index (χ4v) is 7.23. The monoisotopic (exact) mass is 497 g/mol. The summed E-state index contributed by atoms with van der Waals surface area (Å²) < 4.78 is 0. The summed E-state index contributed by atoms with van der Waals surface area (Å²) >= 11 is 6.07. The first kappa shape index (κ1) is 21.8. The van der Waals surface area contributed by atoms with Gasteiger partial charge >= 0.3 is 0 Å². The van der Waals surface area contributed by atoms with Gasteiger partial charge in [-0.2, -0.15) is 0 Å². The van der Waals surface area contributed by atoms with E-state index in [-0.39, 0.29) is 23.8 Å². The molecule has 3 aromatic carbocycles. The Balaban J connectivity index is 1.39. The first-order valence-corrected chi connectivity index (χ1v) is 12.8. The lowest BCUT2D eigenvalue weighted by atomic mass is 9.75. The van der Waals surface area contributed by atoms with Crippen molar-refractivity contribution in [1.29, 1.82) is 0 Å². The van der Waals surface area contributed by atoms with E-state index in [1.807, 2.05) is 59.5 Å². The highest BCUT2D eigenvalue weighted by molar-refractivity contribution is 6.31. The predicted molar refractivity (Wildman–Crippen MR) is 136 cm³/mol. The molecule has 0 radical (unpaired) electrons. The smallest absolute Gasteiger partial charge is 0.253 e. The maximum absolute atomic E-state index is 14.6. The summed E-state index contributed by atoms with van der Waals surface area (Å²) in [5.74, 6) is -1.94. The minimum absolute atomic E-state index is 0.106. The molecule has 7 heteroatoms. The highest BCUT2D eigenvalue weighted by Gasteiger charge is 2.75. The van der Waals surface area contributed by atoms with Crippen molar-refractivity contribution in [2.24, 2.45) is 11.8 Å². The molecular weight excluding hydrogens is 474 g/mol. The van der Waals surface area contributed by atoms with Gasteiger partial charge in [0.25, 0.3) is 5.91 Å². The summed E-state index contributed by atoms with van der Waals surface area (Å²) in [6.45, 7) is 1.11. The van der Waals surface area contributed by atoms with Crippen LogP contribution >= 0.6 is 11.6 Å². The van der Waals surface area contributed by atoms with Crippen molar-refractivity contribution in [3.63, 3.8) is 0 Å². The van der Waals surface area contributed by atoms with Crippen LogP contribution < -0.4 is 9.80 Å². The van der Waals surface area contributed by atoms with Gasteiger partial charge in [0, 0.05) is 22.3 Å². The van der Waals surface area contributed by atoms with Crippen LogP contribution in [-0.4, -0.2) is 35.2 Å². The molecule has 36 heavy (non-hydrogen) atoms. The van der Waals surface area contributed by atoms with Crippen molar-refractivity contribution in [2.45, 2.75) is 31.0 Å². The molecule has 3 amide bonds. The number of rotatable bonds is 3. The van der Waals surface area contributed by atoms with Gasteiger partial charge in [-0.25, -0.2) is 4.90 Å². The normalized spacial score (nSPS) is 28.8. The van der Waals surface area contributed by atoms with Crippen LogP contribution in [0.25, 0.3) is 0 Å². The van der Waals surface area contributed by atoms with Gasteiger partial charge in [0.1, 0.15) is 5.54 Å². The molecule has 3 fully saturated rings. The average molecular weight is 498 g/mol. The number of carbonyl (C=O) groups excluding carboxylic acids is 3. The molecule has 180 valence electrons. The van der Waals surface area contributed by atoms with E-state index in [0.29, 0.717) is 23.8 Å². The number of hydrogen-bond acceptors (Lipinski definition) is 4. The zero-order valence-electron chi connectivity index (χ0n) is 19.5. The van der Waals surface area contributed by atoms with Crippen molar-refractivity contribution in [3.05, 3.63) is 95.0 Å². The van der Waals surface area contributed by atoms with Crippen LogP contribution in [0.5, 0.6) is 0 Å². The quantitative estimate of drug-likeness (QED) is 0.504. The number of fused-ring (bicyclic) bond motifs is 7. The molecule has 3 saturated heterocycles. The third kappa shape index (κ3) is 2.69. The number of anilines is 2. The predicted octanol–water partition coefficient (Wildman–Crippen LogP) is 4.37. The fraction of sp³-hybridized carbons (Fsp3) is 0.276. The Morgan fingerprint density at radius 2 is 1.58 bits per heavy atom. The van der Waals surface area contributed by atoms with Crippen molar-refractivity contribution >= 4 is 40.7 Å².